The lowest BCUT2D eigenvalue weighted by Crippen LogP contribution is -1.81. The van der Waals surface area contributed by atoms with Crippen molar-refractivity contribution >= 4 is 23.5 Å². The van der Waals surface area contributed by atoms with E-state index in [-0.39, 0.29) is 5.82 Å². The van der Waals surface area contributed by atoms with Gasteiger partial charge in [0.15, 0.2) is 0 Å². The maximum absolute atomic E-state index is 12.6. The van der Waals surface area contributed by atoms with Crippen molar-refractivity contribution in [3.8, 4) is 0 Å². The molecule has 0 atom stereocenters. The SMILES string of the molecule is Fc1ccc(CC=C2SCCS2)cc1. The minimum atomic E-state index is -0.161. The Bertz CT molecular complexity index is 322. The summed E-state index contributed by atoms with van der Waals surface area (Å²) in [6.45, 7) is 0. The minimum absolute atomic E-state index is 0.161. The molecule has 1 aromatic carbocycles. The zero-order valence-corrected chi connectivity index (χ0v) is 9.34. The van der Waals surface area contributed by atoms with Crippen LogP contribution in [-0.2, 0) is 6.42 Å². The molecule has 0 aromatic heterocycles. The highest BCUT2D eigenvalue weighted by Gasteiger charge is 2.06. The molecule has 0 radical (unpaired) electrons. The minimum Gasteiger partial charge on any atom is -0.207 e. The van der Waals surface area contributed by atoms with Crippen molar-refractivity contribution in [1.82, 2.24) is 0 Å². The van der Waals surface area contributed by atoms with Crippen LogP contribution in [0.25, 0.3) is 0 Å². The van der Waals surface area contributed by atoms with Gasteiger partial charge in [-0.2, -0.15) is 0 Å². The Balaban J connectivity index is 1.97. The van der Waals surface area contributed by atoms with Gasteiger partial charge >= 0.3 is 0 Å². The Labute approximate surface area is 92.0 Å². The third kappa shape index (κ3) is 2.79. The molecule has 0 N–H and O–H groups in total. The van der Waals surface area contributed by atoms with E-state index in [4.69, 9.17) is 0 Å². The molecule has 14 heavy (non-hydrogen) atoms. The lowest BCUT2D eigenvalue weighted by atomic mass is 10.1. The van der Waals surface area contributed by atoms with Crippen LogP contribution in [0.15, 0.2) is 34.6 Å². The lowest BCUT2D eigenvalue weighted by molar-refractivity contribution is 0.627. The van der Waals surface area contributed by atoms with E-state index in [0.29, 0.717) is 0 Å². The highest BCUT2D eigenvalue weighted by atomic mass is 32.2. The Morgan fingerprint density at radius 2 is 1.79 bits per heavy atom. The molecule has 0 aliphatic carbocycles. The first-order valence-electron chi connectivity index (χ1n) is 4.55. The van der Waals surface area contributed by atoms with E-state index in [1.807, 2.05) is 35.7 Å². The molecule has 1 aliphatic rings. The molecule has 1 aromatic rings. The average Bonchev–Trinajstić information content (AvgIpc) is 2.70. The third-order valence-electron chi connectivity index (χ3n) is 1.99. The summed E-state index contributed by atoms with van der Waals surface area (Å²) < 4.78 is 14.0. The molecule has 74 valence electrons. The molecule has 0 saturated carbocycles. The van der Waals surface area contributed by atoms with E-state index >= 15 is 0 Å². The molecule has 1 fully saturated rings. The van der Waals surface area contributed by atoms with Gasteiger partial charge in [-0.15, -0.1) is 23.5 Å². The van der Waals surface area contributed by atoms with Gasteiger partial charge in [-0.25, -0.2) is 4.39 Å². The molecule has 1 aliphatic heterocycles. The Morgan fingerprint density at radius 1 is 1.14 bits per heavy atom. The van der Waals surface area contributed by atoms with Crippen molar-refractivity contribution in [1.29, 1.82) is 0 Å². The van der Waals surface area contributed by atoms with Crippen LogP contribution in [0.2, 0.25) is 0 Å². The smallest absolute Gasteiger partial charge is 0.123 e. The van der Waals surface area contributed by atoms with Crippen LogP contribution in [0.5, 0.6) is 0 Å². The van der Waals surface area contributed by atoms with Gasteiger partial charge in [-0.3, -0.25) is 0 Å². The molecular weight excluding hydrogens is 215 g/mol. The Morgan fingerprint density at radius 3 is 2.43 bits per heavy atom. The summed E-state index contributed by atoms with van der Waals surface area (Å²) in [5.74, 6) is 2.28. The van der Waals surface area contributed by atoms with Crippen LogP contribution in [0, 0.1) is 5.82 Å². The Hall–Kier alpha value is -0.410. The van der Waals surface area contributed by atoms with Crippen LogP contribution < -0.4 is 0 Å². The predicted molar refractivity (Wildman–Crippen MR) is 63.1 cm³/mol. The van der Waals surface area contributed by atoms with Crippen molar-refractivity contribution in [2.24, 2.45) is 0 Å². The molecule has 0 amide bonds. The molecule has 0 spiro atoms. The summed E-state index contributed by atoms with van der Waals surface area (Å²) in [4.78, 5) is 0. The summed E-state index contributed by atoms with van der Waals surface area (Å²) in [6.07, 6.45) is 3.14. The van der Waals surface area contributed by atoms with Gasteiger partial charge in [-0.05, 0) is 24.1 Å². The fourth-order valence-electron chi connectivity index (χ4n) is 1.27. The number of hydrogen-bond donors (Lipinski definition) is 0. The second kappa shape index (κ2) is 4.89. The summed E-state index contributed by atoms with van der Waals surface area (Å²) in [6, 6.07) is 6.72. The monoisotopic (exact) mass is 226 g/mol. The number of thioether (sulfide) groups is 2. The normalized spacial score (nSPS) is 15.9. The van der Waals surface area contributed by atoms with Crippen LogP contribution in [0.4, 0.5) is 4.39 Å². The maximum atomic E-state index is 12.6. The van der Waals surface area contributed by atoms with Gasteiger partial charge in [0.05, 0.1) is 0 Å². The molecule has 1 heterocycles. The first-order chi connectivity index (χ1) is 6.84. The highest BCUT2D eigenvalue weighted by Crippen LogP contribution is 2.36. The van der Waals surface area contributed by atoms with Crippen LogP contribution >= 0.6 is 23.5 Å². The molecule has 0 bridgehead atoms. The number of rotatable bonds is 2. The predicted octanol–water partition coefficient (Wildman–Crippen LogP) is 3.69. The number of halogens is 1. The molecule has 0 nitrogen and oxygen atoms in total. The molecule has 0 unspecified atom stereocenters. The molecule has 1 saturated heterocycles. The average molecular weight is 226 g/mol. The molecule has 3 heteroatoms. The van der Waals surface area contributed by atoms with E-state index in [0.717, 1.165) is 6.42 Å². The number of hydrogen-bond acceptors (Lipinski definition) is 2. The number of allylic oxidation sites excluding steroid dienone is 1. The van der Waals surface area contributed by atoms with Crippen molar-refractivity contribution in [2.75, 3.05) is 11.5 Å². The standard InChI is InChI=1S/C11H11FS2/c12-10-4-1-9(2-5-10)3-6-11-13-7-8-14-11/h1-2,4-6H,3,7-8H2. The van der Waals surface area contributed by atoms with Crippen LogP contribution in [0.1, 0.15) is 5.56 Å². The van der Waals surface area contributed by atoms with Crippen LogP contribution in [-0.4, -0.2) is 11.5 Å². The van der Waals surface area contributed by atoms with Gasteiger partial charge in [-0.1, -0.05) is 18.2 Å². The second-order valence-corrected chi connectivity index (χ2v) is 5.58. The molecular formula is C11H11FS2. The van der Waals surface area contributed by atoms with Crippen molar-refractivity contribution in [3.63, 3.8) is 0 Å². The first kappa shape index (κ1) is 10.1. The van der Waals surface area contributed by atoms with E-state index < -0.39 is 0 Å². The van der Waals surface area contributed by atoms with Gasteiger partial charge < -0.3 is 0 Å². The fourth-order valence-corrected chi connectivity index (χ4v) is 3.57. The van der Waals surface area contributed by atoms with E-state index in [1.54, 1.807) is 0 Å². The summed E-state index contributed by atoms with van der Waals surface area (Å²) in [5.41, 5.74) is 1.17. The fraction of sp³-hybridized carbons (Fsp3) is 0.273. The van der Waals surface area contributed by atoms with Crippen LogP contribution in [0.3, 0.4) is 0 Å². The second-order valence-electron chi connectivity index (χ2n) is 3.05. The van der Waals surface area contributed by atoms with E-state index in [2.05, 4.69) is 6.08 Å². The van der Waals surface area contributed by atoms with Crippen molar-refractivity contribution in [3.05, 3.63) is 46.0 Å². The van der Waals surface area contributed by atoms with Gasteiger partial charge in [0.2, 0.25) is 0 Å². The number of benzene rings is 1. The third-order valence-corrected chi connectivity index (χ3v) is 4.67. The zero-order valence-electron chi connectivity index (χ0n) is 7.70. The highest BCUT2D eigenvalue weighted by molar-refractivity contribution is 8.25. The molecule has 2 rings (SSSR count). The van der Waals surface area contributed by atoms with E-state index in [9.17, 15) is 4.39 Å². The maximum Gasteiger partial charge on any atom is 0.123 e. The van der Waals surface area contributed by atoms with Gasteiger partial charge in [0.25, 0.3) is 0 Å². The van der Waals surface area contributed by atoms with Gasteiger partial charge in [0.1, 0.15) is 5.82 Å². The first-order valence-corrected chi connectivity index (χ1v) is 6.52. The topological polar surface area (TPSA) is 0 Å². The van der Waals surface area contributed by atoms with Crippen molar-refractivity contribution in [2.45, 2.75) is 6.42 Å². The summed E-state index contributed by atoms with van der Waals surface area (Å²) in [7, 11) is 0. The zero-order chi connectivity index (χ0) is 9.80. The van der Waals surface area contributed by atoms with Gasteiger partial charge in [0, 0.05) is 15.7 Å². The largest absolute Gasteiger partial charge is 0.207 e. The summed E-state index contributed by atoms with van der Waals surface area (Å²) >= 11 is 3.83. The van der Waals surface area contributed by atoms with Crippen molar-refractivity contribution < 1.29 is 4.39 Å². The summed E-state index contributed by atoms with van der Waals surface area (Å²) in [5, 5.41) is 0. The Kier molecular flexibility index (Phi) is 3.54. The quantitative estimate of drug-likeness (QED) is 0.754. The van der Waals surface area contributed by atoms with E-state index in [1.165, 1.54) is 33.4 Å². The lowest BCUT2D eigenvalue weighted by Gasteiger charge is -1.97.